The van der Waals surface area contributed by atoms with Gasteiger partial charge in [0.2, 0.25) is 0 Å². The molecule has 0 atom stereocenters. The molecule has 1 amide bonds. The zero-order chi connectivity index (χ0) is 22.2. The first-order valence-corrected chi connectivity index (χ1v) is 11.7. The largest absolute Gasteiger partial charge is 0.508 e. The van der Waals surface area contributed by atoms with Gasteiger partial charge >= 0.3 is 0 Å². The van der Waals surface area contributed by atoms with E-state index < -0.39 is 0 Å². The molecule has 2 aromatic heterocycles. The number of phenols is 1. The molecule has 0 bridgehead atoms. The van der Waals surface area contributed by atoms with Crippen molar-refractivity contribution in [3.05, 3.63) is 75.8 Å². The van der Waals surface area contributed by atoms with E-state index in [9.17, 15) is 9.90 Å². The van der Waals surface area contributed by atoms with Gasteiger partial charge in [0.1, 0.15) is 10.6 Å². The van der Waals surface area contributed by atoms with Crippen LogP contribution >= 0.6 is 22.9 Å². The minimum atomic E-state index is 0.0687. The number of aromatic hydroxyl groups is 1. The Bertz CT molecular complexity index is 1270. The van der Waals surface area contributed by atoms with Gasteiger partial charge in [-0.05, 0) is 42.8 Å². The summed E-state index contributed by atoms with van der Waals surface area (Å²) in [7, 11) is 0. The Morgan fingerprint density at radius 2 is 1.84 bits per heavy atom. The molecule has 0 unspecified atom stereocenters. The molecule has 1 N–H and O–H groups in total. The van der Waals surface area contributed by atoms with E-state index in [1.165, 1.54) is 11.3 Å². The summed E-state index contributed by atoms with van der Waals surface area (Å²) in [4.78, 5) is 19.1. The van der Waals surface area contributed by atoms with Crippen LogP contribution < -0.4 is 4.90 Å². The second-order valence-electron chi connectivity index (χ2n) is 8.00. The number of amides is 1. The summed E-state index contributed by atoms with van der Waals surface area (Å²) in [5, 5.41) is 16.1. The highest BCUT2D eigenvalue weighted by Crippen LogP contribution is 2.30. The van der Waals surface area contributed by atoms with Crippen LogP contribution in [0.5, 0.6) is 5.75 Å². The molecule has 8 heteroatoms. The summed E-state index contributed by atoms with van der Waals surface area (Å²) >= 11 is 7.50. The zero-order valence-electron chi connectivity index (χ0n) is 17.7. The number of phenolic OH excluding ortho intramolecular Hbond substituents is 1. The van der Waals surface area contributed by atoms with Gasteiger partial charge in [-0.2, -0.15) is 5.10 Å². The number of hydrogen-bond donors (Lipinski definition) is 1. The summed E-state index contributed by atoms with van der Waals surface area (Å²) in [5.41, 5.74) is 3.03. The molecular formula is C24H23ClN4O2S. The average molecular weight is 467 g/mol. The van der Waals surface area contributed by atoms with Crippen LogP contribution in [0, 0.1) is 6.92 Å². The molecule has 1 saturated heterocycles. The van der Waals surface area contributed by atoms with Gasteiger partial charge < -0.3 is 14.9 Å². The maximum Gasteiger partial charge on any atom is 0.264 e. The topological polar surface area (TPSA) is 61.6 Å². The molecule has 1 fully saturated rings. The maximum absolute atomic E-state index is 13.2. The van der Waals surface area contributed by atoms with E-state index in [-0.39, 0.29) is 11.7 Å². The highest BCUT2D eigenvalue weighted by Gasteiger charge is 2.25. The van der Waals surface area contributed by atoms with E-state index in [2.05, 4.69) is 10.00 Å². The number of piperazine rings is 1. The van der Waals surface area contributed by atoms with Gasteiger partial charge in [0.05, 0.1) is 17.1 Å². The Labute approximate surface area is 195 Å². The van der Waals surface area contributed by atoms with Crippen LogP contribution in [0.4, 0.5) is 5.69 Å². The van der Waals surface area contributed by atoms with Crippen LogP contribution in [0.3, 0.4) is 0 Å². The molecule has 4 aromatic rings. The van der Waals surface area contributed by atoms with Crippen LogP contribution in [0.2, 0.25) is 5.02 Å². The first-order chi connectivity index (χ1) is 15.5. The predicted octanol–water partition coefficient (Wildman–Crippen LogP) is 4.78. The molecule has 3 heterocycles. The molecular weight excluding hydrogens is 444 g/mol. The van der Waals surface area contributed by atoms with Crippen molar-refractivity contribution in [2.45, 2.75) is 13.5 Å². The molecule has 0 aliphatic carbocycles. The summed E-state index contributed by atoms with van der Waals surface area (Å²) in [5.74, 6) is 0.327. The standard InChI is InChI=1S/C24H23ClN4O2S/c1-16-21-14-22(32-24(21)29(26-16)15-17-5-7-18(25)8-6-17)23(31)28-11-9-27(10-12-28)19-3-2-4-20(30)13-19/h2-8,13-14,30H,9-12,15H2,1H3. The molecule has 2 aromatic carbocycles. The van der Waals surface area contributed by atoms with Gasteiger partial charge in [-0.1, -0.05) is 29.8 Å². The monoisotopic (exact) mass is 466 g/mol. The number of hydrogen-bond acceptors (Lipinski definition) is 5. The lowest BCUT2D eigenvalue weighted by molar-refractivity contribution is 0.0751. The van der Waals surface area contributed by atoms with Gasteiger partial charge in [0.25, 0.3) is 5.91 Å². The van der Waals surface area contributed by atoms with Crippen molar-refractivity contribution in [3.63, 3.8) is 0 Å². The van der Waals surface area contributed by atoms with Gasteiger partial charge in [-0.3, -0.25) is 9.48 Å². The van der Waals surface area contributed by atoms with Gasteiger partial charge in [0, 0.05) is 48.3 Å². The number of thiophene rings is 1. The number of carbonyl (C=O) groups is 1. The third-order valence-electron chi connectivity index (χ3n) is 5.83. The molecule has 164 valence electrons. The number of nitrogens with zero attached hydrogens (tertiary/aromatic N) is 4. The molecule has 32 heavy (non-hydrogen) atoms. The quantitative estimate of drug-likeness (QED) is 0.470. The number of carbonyl (C=O) groups excluding carboxylic acids is 1. The lowest BCUT2D eigenvalue weighted by atomic mass is 10.2. The maximum atomic E-state index is 13.2. The van der Waals surface area contributed by atoms with E-state index in [4.69, 9.17) is 11.6 Å². The van der Waals surface area contributed by atoms with Crippen LogP contribution in [-0.2, 0) is 6.54 Å². The number of rotatable bonds is 4. The van der Waals surface area contributed by atoms with Crippen LogP contribution in [0.1, 0.15) is 20.9 Å². The SMILES string of the molecule is Cc1nn(Cc2ccc(Cl)cc2)c2sc(C(=O)N3CCN(c4cccc(O)c4)CC3)cc12. The van der Waals surface area contributed by atoms with Gasteiger partial charge in [-0.25, -0.2) is 0 Å². The number of fused-ring (bicyclic) bond motifs is 1. The summed E-state index contributed by atoms with van der Waals surface area (Å²) in [6, 6.07) is 17.0. The van der Waals surface area contributed by atoms with Crippen molar-refractivity contribution >= 4 is 44.7 Å². The van der Waals surface area contributed by atoms with Crippen molar-refractivity contribution in [2.24, 2.45) is 0 Å². The Hall–Kier alpha value is -3.03. The number of aromatic nitrogens is 2. The average Bonchev–Trinajstić information content (AvgIpc) is 3.36. The predicted molar refractivity (Wildman–Crippen MR) is 129 cm³/mol. The molecule has 0 radical (unpaired) electrons. The molecule has 0 saturated carbocycles. The van der Waals surface area contributed by atoms with E-state index >= 15 is 0 Å². The van der Waals surface area contributed by atoms with E-state index in [1.807, 2.05) is 59.0 Å². The first kappa shape index (κ1) is 20.8. The first-order valence-electron chi connectivity index (χ1n) is 10.5. The Morgan fingerprint density at radius 3 is 2.56 bits per heavy atom. The Balaban J connectivity index is 1.31. The molecule has 0 spiro atoms. The van der Waals surface area contributed by atoms with Crippen molar-refractivity contribution in [1.29, 1.82) is 0 Å². The van der Waals surface area contributed by atoms with Crippen molar-refractivity contribution in [3.8, 4) is 5.75 Å². The zero-order valence-corrected chi connectivity index (χ0v) is 19.2. The molecule has 1 aliphatic rings. The van der Waals surface area contributed by atoms with E-state index in [1.54, 1.807) is 12.1 Å². The third-order valence-corrected chi connectivity index (χ3v) is 7.21. The highest BCUT2D eigenvalue weighted by atomic mass is 35.5. The second-order valence-corrected chi connectivity index (χ2v) is 9.47. The normalized spacial score (nSPS) is 14.3. The molecule has 1 aliphatic heterocycles. The summed E-state index contributed by atoms with van der Waals surface area (Å²) in [6.45, 7) is 5.40. The van der Waals surface area contributed by atoms with E-state index in [0.29, 0.717) is 24.7 Å². The minimum Gasteiger partial charge on any atom is -0.508 e. The van der Waals surface area contributed by atoms with Crippen molar-refractivity contribution in [1.82, 2.24) is 14.7 Å². The smallest absolute Gasteiger partial charge is 0.264 e. The van der Waals surface area contributed by atoms with E-state index in [0.717, 1.165) is 45.1 Å². The fourth-order valence-electron chi connectivity index (χ4n) is 4.10. The minimum absolute atomic E-state index is 0.0687. The number of benzene rings is 2. The fourth-order valence-corrected chi connectivity index (χ4v) is 5.36. The lowest BCUT2D eigenvalue weighted by Gasteiger charge is -2.36. The number of aryl methyl sites for hydroxylation is 1. The van der Waals surface area contributed by atoms with Crippen LogP contribution in [0.15, 0.2) is 54.6 Å². The lowest BCUT2D eigenvalue weighted by Crippen LogP contribution is -2.48. The van der Waals surface area contributed by atoms with Crippen LogP contribution in [0.25, 0.3) is 10.2 Å². The van der Waals surface area contributed by atoms with Crippen LogP contribution in [-0.4, -0.2) is 51.9 Å². The fraction of sp³-hybridized carbons (Fsp3) is 0.250. The van der Waals surface area contributed by atoms with Gasteiger partial charge in [-0.15, -0.1) is 11.3 Å². The third kappa shape index (κ3) is 4.06. The Morgan fingerprint density at radius 1 is 1.09 bits per heavy atom. The van der Waals surface area contributed by atoms with Gasteiger partial charge in [0.15, 0.2) is 0 Å². The summed E-state index contributed by atoms with van der Waals surface area (Å²) < 4.78 is 1.97. The summed E-state index contributed by atoms with van der Waals surface area (Å²) in [6.07, 6.45) is 0. The Kier molecular flexibility index (Phi) is 5.53. The number of anilines is 1. The highest BCUT2D eigenvalue weighted by molar-refractivity contribution is 7.20. The molecule has 5 rings (SSSR count). The second kappa shape index (κ2) is 8.48. The number of halogens is 1. The van der Waals surface area contributed by atoms with Crippen molar-refractivity contribution < 1.29 is 9.90 Å². The van der Waals surface area contributed by atoms with Crippen molar-refractivity contribution in [2.75, 3.05) is 31.1 Å². The molecule has 6 nitrogen and oxygen atoms in total.